The Morgan fingerprint density at radius 1 is 1.11 bits per heavy atom. The Morgan fingerprint density at radius 3 is 2.56 bits per heavy atom. The second kappa shape index (κ2) is 7.16. The van der Waals surface area contributed by atoms with Crippen LogP contribution in [0.4, 0.5) is 5.69 Å². The molecule has 1 saturated carbocycles. The van der Waals surface area contributed by atoms with Crippen molar-refractivity contribution < 1.29 is 9.59 Å². The van der Waals surface area contributed by atoms with Crippen molar-refractivity contribution in [1.82, 2.24) is 4.90 Å². The van der Waals surface area contributed by atoms with Crippen LogP contribution in [-0.4, -0.2) is 34.6 Å². The summed E-state index contributed by atoms with van der Waals surface area (Å²) in [5.74, 6) is -0.425. The lowest BCUT2D eigenvalue weighted by atomic mass is 10.1. The molecule has 2 aliphatic rings. The molecule has 138 valence electrons. The summed E-state index contributed by atoms with van der Waals surface area (Å²) in [6.07, 6.45) is 3.59. The first-order chi connectivity index (χ1) is 13.1. The zero-order valence-electron chi connectivity index (χ0n) is 14.8. The third-order valence-corrected chi connectivity index (χ3v) is 5.37. The molecule has 0 bridgehead atoms. The van der Waals surface area contributed by atoms with E-state index in [1.54, 1.807) is 29.2 Å². The van der Waals surface area contributed by atoms with Crippen LogP contribution in [0.15, 0.2) is 59.6 Å². The van der Waals surface area contributed by atoms with E-state index in [1.165, 1.54) is 0 Å². The summed E-state index contributed by atoms with van der Waals surface area (Å²) in [5.41, 5.74) is 1.27. The Kier molecular flexibility index (Phi) is 4.70. The normalized spacial score (nSPS) is 18.0. The van der Waals surface area contributed by atoms with Gasteiger partial charge in [0.25, 0.3) is 5.91 Å². The van der Waals surface area contributed by atoms with Crippen LogP contribution in [0.3, 0.4) is 0 Å². The van der Waals surface area contributed by atoms with Crippen LogP contribution in [0.2, 0.25) is 5.02 Å². The summed E-state index contributed by atoms with van der Waals surface area (Å²) < 4.78 is 0. The molecule has 5 nitrogen and oxygen atoms in total. The topological polar surface area (TPSA) is 61.8 Å². The van der Waals surface area contributed by atoms with Crippen molar-refractivity contribution in [2.75, 3.05) is 11.9 Å². The summed E-state index contributed by atoms with van der Waals surface area (Å²) >= 11 is 5.97. The minimum Gasteiger partial charge on any atom is -0.324 e. The van der Waals surface area contributed by atoms with Gasteiger partial charge in [-0.2, -0.15) is 0 Å². The maximum absolute atomic E-state index is 13.1. The first kappa shape index (κ1) is 17.7. The van der Waals surface area contributed by atoms with Crippen LogP contribution >= 0.6 is 11.6 Å². The number of carbonyl (C=O) groups excluding carboxylic acids is 2. The predicted molar refractivity (Wildman–Crippen MR) is 106 cm³/mol. The van der Waals surface area contributed by atoms with Crippen molar-refractivity contribution in [2.24, 2.45) is 4.99 Å². The molecule has 0 aromatic heterocycles. The van der Waals surface area contributed by atoms with Gasteiger partial charge in [0.1, 0.15) is 17.9 Å². The van der Waals surface area contributed by atoms with Gasteiger partial charge in [0, 0.05) is 16.3 Å². The number of nitrogens with one attached hydrogen (secondary N) is 1. The third-order valence-electron chi connectivity index (χ3n) is 5.13. The number of amides is 2. The number of hydrogen-bond donors (Lipinski definition) is 1. The molecular formula is C21H20ClN3O2. The standard InChI is InChI=1S/C21H20ClN3O2/c22-16-9-6-10-17(13-16)23-18(26)14-25-20(27)19(15-7-2-1-3-8-15)24-21(25)11-4-5-12-21/h1-3,6-10,13H,4-5,11-12,14H2,(H,23,26). The molecule has 1 fully saturated rings. The zero-order valence-corrected chi connectivity index (χ0v) is 15.6. The van der Waals surface area contributed by atoms with Gasteiger partial charge in [0.2, 0.25) is 5.91 Å². The molecule has 2 aromatic rings. The van der Waals surface area contributed by atoms with E-state index in [0.29, 0.717) is 16.4 Å². The number of hydrogen-bond acceptors (Lipinski definition) is 3. The monoisotopic (exact) mass is 381 g/mol. The molecule has 1 aliphatic heterocycles. The SMILES string of the molecule is O=C(CN1C(=O)C(c2ccccc2)=NC12CCCC2)Nc1cccc(Cl)c1. The van der Waals surface area contributed by atoms with E-state index in [2.05, 4.69) is 5.32 Å². The first-order valence-electron chi connectivity index (χ1n) is 9.10. The number of anilines is 1. The van der Waals surface area contributed by atoms with Gasteiger partial charge in [0.05, 0.1) is 0 Å². The molecule has 1 heterocycles. The fourth-order valence-electron chi connectivity index (χ4n) is 3.87. The van der Waals surface area contributed by atoms with Crippen molar-refractivity contribution in [3.05, 3.63) is 65.2 Å². The van der Waals surface area contributed by atoms with Crippen molar-refractivity contribution in [1.29, 1.82) is 0 Å². The minimum absolute atomic E-state index is 0.0226. The first-order valence-corrected chi connectivity index (χ1v) is 9.48. The molecule has 0 atom stereocenters. The largest absolute Gasteiger partial charge is 0.324 e. The Morgan fingerprint density at radius 2 is 1.85 bits per heavy atom. The van der Waals surface area contributed by atoms with Crippen LogP contribution in [0.1, 0.15) is 31.2 Å². The Labute approximate surface area is 163 Å². The second-order valence-corrected chi connectivity index (χ2v) is 7.40. The number of carbonyl (C=O) groups is 2. The predicted octanol–water partition coefficient (Wildman–Crippen LogP) is 3.88. The molecule has 4 rings (SSSR count). The molecule has 1 aliphatic carbocycles. The average Bonchev–Trinajstić information content (AvgIpc) is 3.23. The lowest BCUT2D eigenvalue weighted by Gasteiger charge is -2.32. The average molecular weight is 382 g/mol. The van der Waals surface area contributed by atoms with Gasteiger partial charge in [-0.15, -0.1) is 0 Å². The summed E-state index contributed by atoms with van der Waals surface area (Å²) in [6, 6.07) is 16.4. The van der Waals surface area contributed by atoms with E-state index in [4.69, 9.17) is 16.6 Å². The summed E-state index contributed by atoms with van der Waals surface area (Å²) in [5, 5.41) is 3.37. The van der Waals surface area contributed by atoms with Crippen LogP contribution in [0.25, 0.3) is 0 Å². The fourth-order valence-corrected chi connectivity index (χ4v) is 4.06. The number of aliphatic imine (C=N–C) groups is 1. The molecule has 1 N–H and O–H groups in total. The molecular weight excluding hydrogens is 362 g/mol. The molecule has 6 heteroatoms. The molecule has 2 aromatic carbocycles. The Balaban J connectivity index is 1.56. The number of benzene rings is 2. The van der Waals surface area contributed by atoms with Gasteiger partial charge < -0.3 is 10.2 Å². The highest BCUT2D eigenvalue weighted by Crippen LogP contribution is 2.40. The van der Waals surface area contributed by atoms with Gasteiger partial charge in [0.15, 0.2) is 0 Å². The van der Waals surface area contributed by atoms with E-state index in [-0.39, 0.29) is 18.4 Å². The van der Waals surface area contributed by atoms with Gasteiger partial charge in [-0.3, -0.25) is 14.6 Å². The molecule has 1 spiro atoms. The molecule has 0 unspecified atom stereocenters. The van der Waals surface area contributed by atoms with Crippen LogP contribution in [0, 0.1) is 0 Å². The van der Waals surface area contributed by atoms with Crippen molar-refractivity contribution >= 4 is 34.8 Å². The Hall–Kier alpha value is -2.66. The zero-order chi connectivity index (χ0) is 18.9. The minimum atomic E-state index is -0.589. The van der Waals surface area contributed by atoms with Crippen LogP contribution in [-0.2, 0) is 9.59 Å². The highest BCUT2D eigenvalue weighted by molar-refractivity contribution is 6.47. The van der Waals surface area contributed by atoms with E-state index in [9.17, 15) is 9.59 Å². The maximum atomic E-state index is 13.1. The van der Waals surface area contributed by atoms with Crippen molar-refractivity contribution in [3.63, 3.8) is 0 Å². The molecule has 2 amide bonds. The summed E-state index contributed by atoms with van der Waals surface area (Å²) in [6.45, 7) is -0.0226. The van der Waals surface area contributed by atoms with Crippen molar-refractivity contribution in [2.45, 2.75) is 31.3 Å². The number of halogens is 1. The van der Waals surface area contributed by atoms with Crippen LogP contribution in [0.5, 0.6) is 0 Å². The number of nitrogens with zero attached hydrogens (tertiary/aromatic N) is 2. The highest BCUT2D eigenvalue weighted by Gasteiger charge is 2.49. The molecule has 27 heavy (non-hydrogen) atoms. The molecule has 0 saturated heterocycles. The maximum Gasteiger partial charge on any atom is 0.275 e. The smallest absolute Gasteiger partial charge is 0.275 e. The van der Waals surface area contributed by atoms with Gasteiger partial charge in [-0.25, -0.2) is 0 Å². The highest BCUT2D eigenvalue weighted by atomic mass is 35.5. The summed E-state index contributed by atoms with van der Waals surface area (Å²) in [4.78, 5) is 32.2. The second-order valence-electron chi connectivity index (χ2n) is 6.97. The Bertz CT molecular complexity index is 905. The van der Waals surface area contributed by atoms with Gasteiger partial charge in [-0.05, 0) is 43.9 Å². The van der Waals surface area contributed by atoms with E-state index in [1.807, 2.05) is 30.3 Å². The van der Waals surface area contributed by atoms with E-state index in [0.717, 1.165) is 31.2 Å². The lowest BCUT2D eigenvalue weighted by Crippen LogP contribution is -2.48. The fraction of sp³-hybridized carbons (Fsp3) is 0.286. The van der Waals surface area contributed by atoms with Crippen molar-refractivity contribution in [3.8, 4) is 0 Å². The summed E-state index contributed by atoms with van der Waals surface area (Å²) in [7, 11) is 0. The van der Waals surface area contributed by atoms with Gasteiger partial charge >= 0.3 is 0 Å². The quantitative estimate of drug-likeness (QED) is 0.873. The third kappa shape index (κ3) is 3.47. The molecule has 0 radical (unpaired) electrons. The van der Waals surface area contributed by atoms with E-state index < -0.39 is 5.66 Å². The van der Waals surface area contributed by atoms with Gasteiger partial charge in [-0.1, -0.05) is 48.0 Å². The van der Waals surface area contributed by atoms with E-state index >= 15 is 0 Å². The van der Waals surface area contributed by atoms with Crippen LogP contribution < -0.4 is 5.32 Å². The lowest BCUT2D eigenvalue weighted by molar-refractivity contribution is -0.132. The number of rotatable bonds is 4.